The summed E-state index contributed by atoms with van der Waals surface area (Å²) in [6.45, 7) is 7.76. The van der Waals surface area contributed by atoms with Gasteiger partial charge in [0.2, 0.25) is 0 Å². The predicted molar refractivity (Wildman–Crippen MR) is 67.4 cm³/mol. The number of pyridine rings is 1. The fourth-order valence-corrected chi connectivity index (χ4v) is 1.40. The summed E-state index contributed by atoms with van der Waals surface area (Å²) in [4.78, 5) is 4.05. The number of nitrogen functional groups attached to an aromatic ring is 1. The molecule has 90 valence electrons. The topological polar surface area (TPSA) is 60.2 Å². The van der Waals surface area contributed by atoms with E-state index < -0.39 is 0 Å². The maximum Gasteiger partial charge on any atom is 0.0670 e. The van der Waals surface area contributed by atoms with Gasteiger partial charge in [-0.2, -0.15) is 0 Å². The Bertz CT molecular complexity index is 315. The Balaban J connectivity index is 2.60. The van der Waals surface area contributed by atoms with E-state index in [2.05, 4.69) is 24.1 Å². The zero-order valence-electron chi connectivity index (χ0n) is 10.2. The molecular formula is C12H21N3O. The van der Waals surface area contributed by atoms with Crippen LogP contribution in [0.3, 0.4) is 0 Å². The minimum absolute atomic E-state index is 0.281. The molecule has 0 aliphatic rings. The van der Waals surface area contributed by atoms with Crippen molar-refractivity contribution in [2.24, 2.45) is 5.92 Å². The molecule has 1 heterocycles. The number of ether oxygens (including phenoxy) is 1. The first-order valence-corrected chi connectivity index (χ1v) is 5.68. The normalized spacial score (nSPS) is 12.8. The average molecular weight is 223 g/mol. The van der Waals surface area contributed by atoms with E-state index >= 15 is 0 Å². The molecule has 1 atom stereocenters. The van der Waals surface area contributed by atoms with Gasteiger partial charge in [-0.15, -0.1) is 0 Å². The molecule has 0 spiro atoms. The summed E-state index contributed by atoms with van der Waals surface area (Å²) >= 11 is 0. The largest absolute Gasteiger partial charge is 0.397 e. The molecule has 1 aromatic rings. The van der Waals surface area contributed by atoms with Crippen LogP contribution in [0.25, 0.3) is 0 Å². The molecule has 4 nitrogen and oxygen atoms in total. The Morgan fingerprint density at radius 2 is 2.19 bits per heavy atom. The number of nitrogens with zero attached hydrogens (tertiary/aromatic N) is 1. The van der Waals surface area contributed by atoms with Crippen molar-refractivity contribution in [2.45, 2.75) is 26.8 Å². The van der Waals surface area contributed by atoms with E-state index in [1.807, 2.05) is 13.0 Å². The van der Waals surface area contributed by atoms with Gasteiger partial charge in [0.15, 0.2) is 0 Å². The number of nitrogens with two attached hydrogens (primary N) is 1. The molecule has 3 N–H and O–H groups in total. The van der Waals surface area contributed by atoms with Crippen LogP contribution in [0.2, 0.25) is 0 Å². The Hall–Kier alpha value is -1.29. The van der Waals surface area contributed by atoms with E-state index in [1.165, 1.54) is 0 Å². The summed E-state index contributed by atoms with van der Waals surface area (Å²) in [7, 11) is 0. The van der Waals surface area contributed by atoms with Crippen LogP contribution in [0, 0.1) is 5.92 Å². The molecule has 1 unspecified atom stereocenters. The number of anilines is 2. The number of aromatic nitrogens is 1. The van der Waals surface area contributed by atoms with Gasteiger partial charge in [-0.05, 0) is 18.9 Å². The van der Waals surface area contributed by atoms with Crippen molar-refractivity contribution in [1.29, 1.82) is 0 Å². The van der Waals surface area contributed by atoms with E-state index in [4.69, 9.17) is 10.5 Å². The van der Waals surface area contributed by atoms with E-state index in [1.54, 1.807) is 12.4 Å². The van der Waals surface area contributed by atoms with Gasteiger partial charge in [0.05, 0.1) is 30.2 Å². The van der Waals surface area contributed by atoms with Crippen molar-refractivity contribution in [3.8, 4) is 0 Å². The van der Waals surface area contributed by atoms with Gasteiger partial charge >= 0.3 is 0 Å². The molecule has 0 radical (unpaired) electrons. The van der Waals surface area contributed by atoms with Crippen LogP contribution in [0.4, 0.5) is 11.4 Å². The molecule has 0 aliphatic carbocycles. The Kier molecular flexibility index (Phi) is 5.05. The second kappa shape index (κ2) is 6.33. The third-order valence-corrected chi connectivity index (χ3v) is 2.42. The van der Waals surface area contributed by atoms with Crippen molar-refractivity contribution in [3.63, 3.8) is 0 Å². The van der Waals surface area contributed by atoms with Crippen LogP contribution in [-0.4, -0.2) is 24.2 Å². The summed E-state index contributed by atoms with van der Waals surface area (Å²) in [5.41, 5.74) is 7.29. The molecule has 0 saturated heterocycles. The molecule has 0 saturated carbocycles. The van der Waals surface area contributed by atoms with Crippen LogP contribution in [-0.2, 0) is 4.74 Å². The maximum atomic E-state index is 5.68. The molecule has 16 heavy (non-hydrogen) atoms. The van der Waals surface area contributed by atoms with E-state index in [0.717, 1.165) is 12.3 Å². The minimum atomic E-state index is 0.281. The Labute approximate surface area is 97.2 Å². The van der Waals surface area contributed by atoms with Crippen molar-refractivity contribution in [1.82, 2.24) is 4.98 Å². The average Bonchev–Trinajstić information content (AvgIpc) is 2.24. The quantitative estimate of drug-likeness (QED) is 0.775. The third kappa shape index (κ3) is 4.06. The highest BCUT2D eigenvalue weighted by Crippen LogP contribution is 2.14. The smallest absolute Gasteiger partial charge is 0.0670 e. The number of nitrogens with one attached hydrogen (secondary N) is 1. The van der Waals surface area contributed by atoms with Gasteiger partial charge in [0.1, 0.15) is 0 Å². The van der Waals surface area contributed by atoms with Gasteiger partial charge in [-0.1, -0.05) is 13.8 Å². The van der Waals surface area contributed by atoms with Crippen molar-refractivity contribution in [2.75, 3.05) is 24.3 Å². The Morgan fingerprint density at radius 1 is 1.44 bits per heavy atom. The van der Waals surface area contributed by atoms with Crippen molar-refractivity contribution >= 4 is 11.4 Å². The molecule has 4 heteroatoms. The third-order valence-electron chi connectivity index (χ3n) is 2.42. The first-order valence-electron chi connectivity index (χ1n) is 5.68. The lowest BCUT2D eigenvalue weighted by Crippen LogP contribution is -2.31. The lowest BCUT2D eigenvalue weighted by Gasteiger charge is -2.23. The van der Waals surface area contributed by atoms with Crippen LogP contribution < -0.4 is 11.1 Å². The zero-order chi connectivity index (χ0) is 12.0. The molecular weight excluding hydrogens is 202 g/mol. The second-order valence-corrected chi connectivity index (χ2v) is 4.16. The fourth-order valence-electron chi connectivity index (χ4n) is 1.40. The van der Waals surface area contributed by atoms with E-state index in [-0.39, 0.29) is 6.04 Å². The highest BCUT2D eigenvalue weighted by molar-refractivity contribution is 5.51. The van der Waals surface area contributed by atoms with Crippen LogP contribution >= 0.6 is 0 Å². The summed E-state index contributed by atoms with van der Waals surface area (Å²) in [5, 5.41) is 3.39. The van der Waals surface area contributed by atoms with Crippen LogP contribution in [0.1, 0.15) is 20.8 Å². The van der Waals surface area contributed by atoms with Gasteiger partial charge in [0, 0.05) is 12.8 Å². The van der Waals surface area contributed by atoms with Gasteiger partial charge < -0.3 is 15.8 Å². The lowest BCUT2D eigenvalue weighted by atomic mass is 10.1. The SMILES string of the molecule is CCOCC(Nc1cncc(N)c1)C(C)C. The lowest BCUT2D eigenvalue weighted by molar-refractivity contribution is 0.127. The summed E-state index contributed by atoms with van der Waals surface area (Å²) in [5.74, 6) is 0.494. The van der Waals surface area contributed by atoms with Crippen molar-refractivity contribution < 1.29 is 4.74 Å². The number of rotatable bonds is 6. The molecule has 0 bridgehead atoms. The zero-order valence-corrected chi connectivity index (χ0v) is 10.2. The molecule has 1 rings (SSSR count). The maximum absolute atomic E-state index is 5.68. The fraction of sp³-hybridized carbons (Fsp3) is 0.583. The van der Waals surface area contributed by atoms with E-state index in [0.29, 0.717) is 18.2 Å². The highest BCUT2D eigenvalue weighted by Gasteiger charge is 2.13. The first kappa shape index (κ1) is 12.8. The van der Waals surface area contributed by atoms with Crippen molar-refractivity contribution in [3.05, 3.63) is 18.5 Å². The molecule has 0 aliphatic heterocycles. The molecule has 0 amide bonds. The second-order valence-electron chi connectivity index (χ2n) is 4.16. The van der Waals surface area contributed by atoms with Gasteiger partial charge in [0.25, 0.3) is 0 Å². The summed E-state index contributed by atoms with van der Waals surface area (Å²) in [6, 6.07) is 2.16. The minimum Gasteiger partial charge on any atom is -0.397 e. The predicted octanol–water partition coefficient (Wildman–Crippen LogP) is 2.14. The molecule has 1 aromatic heterocycles. The van der Waals surface area contributed by atoms with Gasteiger partial charge in [-0.3, -0.25) is 4.98 Å². The summed E-state index contributed by atoms with van der Waals surface area (Å²) in [6.07, 6.45) is 3.41. The monoisotopic (exact) mass is 223 g/mol. The Morgan fingerprint density at radius 3 is 2.75 bits per heavy atom. The molecule has 0 aromatic carbocycles. The van der Waals surface area contributed by atoms with Crippen LogP contribution in [0.15, 0.2) is 18.5 Å². The van der Waals surface area contributed by atoms with Gasteiger partial charge in [-0.25, -0.2) is 0 Å². The first-order chi connectivity index (χ1) is 7.63. The molecule has 0 fully saturated rings. The highest BCUT2D eigenvalue weighted by atomic mass is 16.5. The van der Waals surface area contributed by atoms with Crippen LogP contribution in [0.5, 0.6) is 0 Å². The number of hydrogen-bond donors (Lipinski definition) is 2. The summed E-state index contributed by atoms with van der Waals surface area (Å²) < 4.78 is 5.45. The standard InChI is InChI=1S/C12H21N3O/c1-4-16-8-12(9(2)3)15-11-5-10(13)6-14-7-11/h5-7,9,12,15H,4,8,13H2,1-3H3. The number of hydrogen-bond acceptors (Lipinski definition) is 4. The van der Waals surface area contributed by atoms with E-state index in [9.17, 15) is 0 Å².